The van der Waals surface area contributed by atoms with Gasteiger partial charge < -0.3 is 10.4 Å². The second kappa shape index (κ2) is 6.33. The van der Waals surface area contributed by atoms with E-state index in [1.807, 2.05) is 30.3 Å². The summed E-state index contributed by atoms with van der Waals surface area (Å²) in [5, 5.41) is 11.4. The van der Waals surface area contributed by atoms with E-state index in [0.717, 1.165) is 5.56 Å². The van der Waals surface area contributed by atoms with E-state index in [1.54, 1.807) is 0 Å². The Morgan fingerprint density at radius 1 is 1.35 bits per heavy atom. The first-order valence-electron chi connectivity index (χ1n) is 5.13. The number of hydrogen-bond donors (Lipinski definition) is 2. The minimum atomic E-state index is -1.07. The highest BCUT2D eigenvalue weighted by atomic mass is 16.4. The minimum absolute atomic E-state index is 0.113. The lowest BCUT2D eigenvalue weighted by Crippen LogP contribution is -2.42. The zero-order valence-corrected chi connectivity index (χ0v) is 9.22. The number of nitrogens with one attached hydrogen (secondary N) is 1. The standard InChI is InChI=1S/C13H13NO3/c1-2-6-12(15)14-11(13(16)17)9-10-7-4-3-5-8-10/h1,3-5,7-8,11H,6,9H2,(H,14,15)(H,16,17)/t11-/m0/s1. The van der Waals surface area contributed by atoms with Crippen LogP contribution < -0.4 is 5.32 Å². The predicted octanol–water partition coefficient (Wildman–Crippen LogP) is 0.822. The fraction of sp³-hybridized carbons (Fsp3) is 0.231. The Morgan fingerprint density at radius 3 is 2.53 bits per heavy atom. The normalized spacial score (nSPS) is 11.2. The fourth-order valence-corrected chi connectivity index (χ4v) is 1.39. The van der Waals surface area contributed by atoms with Gasteiger partial charge in [0.15, 0.2) is 0 Å². The van der Waals surface area contributed by atoms with Crippen molar-refractivity contribution in [1.82, 2.24) is 5.32 Å². The average Bonchev–Trinajstić information content (AvgIpc) is 2.29. The SMILES string of the molecule is C#CCC(=O)N[C@@H](Cc1ccccc1)C(=O)O. The highest BCUT2D eigenvalue weighted by Gasteiger charge is 2.19. The first-order valence-corrected chi connectivity index (χ1v) is 5.13. The van der Waals surface area contributed by atoms with Gasteiger partial charge in [-0.05, 0) is 5.56 Å². The minimum Gasteiger partial charge on any atom is -0.480 e. The lowest BCUT2D eigenvalue weighted by Gasteiger charge is -2.13. The van der Waals surface area contributed by atoms with Gasteiger partial charge in [-0.15, -0.1) is 6.42 Å². The third-order valence-corrected chi connectivity index (χ3v) is 2.18. The number of carbonyl (C=O) groups excluding carboxylic acids is 1. The summed E-state index contributed by atoms with van der Waals surface area (Å²) in [5.74, 6) is 0.652. The Bertz CT molecular complexity index is 434. The molecule has 88 valence electrons. The van der Waals surface area contributed by atoms with Crippen molar-refractivity contribution in [2.75, 3.05) is 0 Å². The van der Waals surface area contributed by atoms with Crippen molar-refractivity contribution in [3.63, 3.8) is 0 Å². The highest BCUT2D eigenvalue weighted by Crippen LogP contribution is 2.03. The number of carboxylic acids is 1. The largest absolute Gasteiger partial charge is 0.480 e. The Kier molecular flexibility index (Phi) is 4.77. The van der Waals surface area contributed by atoms with Crippen LogP contribution in [0.4, 0.5) is 0 Å². The van der Waals surface area contributed by atoms with Crippen LogP contribution in [-0.4, -0.2) is 23.0 Å². The summed E-state index contributed by atoms with van der Waals surface area (Å²) in [6, 6.07) is 8.15. The van der Waals surface area contributed by atoms with E-state index in [9.17, 15) is 9.59 Å². The average molecular weight is 231 g/mol. The highest BCUT2D eigenvalue weighted by molar-refractivity contribution is 5.84. The number of benzene rings is 1. The molecule has 0 unspecified atom stereocenters. The molecule has 2 N–H and O–H groups in total. The zero-order chi connectivity index (χ0) is 12.7. The topological polar surface area (TPSA) is 66.4 Å². The molecule has 0 aromatic heterocycles. The summed E-state index contributed by atoms with van der Waals surface area (Å²) in [4.78, 5) is 22.2. The molecule has 0 aliphatic heterocycles. The maximum absolute atomic E-state index is 11.2. The molecule has 1 rings (SSSR count). The maximum atomic E-state index is 11.2. The molecule has 0 bridgehead atoms. The summed E-state index contributed by atoms with van der Waals surface area (Å²) in [7, 11) is 0. The van der Waals surface area contributed by atoms with E-state index in [2.05, 4.69) is 11.2 Å². The van der Waals surface area contributed by atoms with Crippen molar-refractivity contribution in [1.29, 1.82) is 0 Å². The summed E-state index contributed by atoms with van der Waals surface area (Å²) in [5.41, 5.74) is 0.848. The number of terminal acetylenes is 1. The van der Waals surface area contributed by atoms with Gasteiger partial charge in [0, 0.05) is 6.42 Å². The van der Waals surface area contributed by atoms with Crippen molar-refractivity contribution in [3.8, 4) is 12.3 Å². The van der Waals surface area contributed by atoms with Crippen LogP contribution in [0.5, 0.6) is 0 Å². The predicted molar refractivity (Wildman–Crippen MR) is 63.2 cm³/mol. The number of aliphatic carboxylic acids is 1. The van der Waals surface area contributed by atoms with E-state index >= 15 is 0 Å². The van der Waals surface area contributed by atoms with E-state index in [1.165, 1.54) is 0 Å². The first-order chi connectivity index (χ1) is 8.13. The number of hydrogen-bond acceptors (Lipinski definition) is 2. The van der Waals surface area contributed by atoms with Crippen molar-refractivity contribution >= 4 is 11.9 Å². The quantitative estimate of drug-likeness (QED) is 0.737. The second-order valence-corrected chi connectivity index (χ2v) is 3.53. The lowest BCUT2D eigenvalue weighted by atomic mass is 10.1. The molecule has 1 atom stereocenters. The number of rotatable bonds is 5. The van der Waals surface area contributed by atoms with Crippen LogP contribution in [0, 0.1) is 12.3 Å². The molecule has 0 heterocycles. The van der Waals surface area contributed by atoms with Gasteiger partial charge in [-0.1, -0.05) is 36.3 Å². The van der Waals surface area contributed by atoms with E-state index < -0.39 is 17.9 Å². The summed E-state index contributed by atoms with van der Waals surface area (Å²) >= 11 is 0. The lowest BCUT2D eigenvalue weighted by molar-refractivity contribution is -0.141. The van der Waals surface area contributed by atoms with Gasteiger partial charge in [-0.3, -0.25) is 4.79 Å². The summed E-state index contributed by atoms with van der Waals surface area (Å²) in [6.07, 6.45) is 5.11. The molecule has 0 saturated carbocycles. The number of carbonyl (C=O) groups is 2. The van der Waals surface area contributed by atoms with Crippen LogP contribution in [0.15, 0.2) is 30.3 Å². The monoisotopic (exact) mass is 231 g/mol. The molecule has 0 aliphatic rings. The fourth-order valence-electron chi connectivity index (χ4n) is 1.39. The molecule has 0 radical (unpaired) electrons. The molecule has 1 aromatic rings. The molecule has 0 saturated heterocycles. The van der Waals surface area contributed by atoms with Crippen LogP contribution in [-0.2, 0) is 16.0 Å². The van der Waals surface area contributed by atoms with Gasteiger partial charge in [0.25, 0.3) is 0 Å². The third kappa shape index (κ3) is 4.39. The van der Waals surface area contributed by atoms with Gasteiger partial charge >= 0.3 is 5.97 Å². The Hall–Kier alpha value is -2.28. The van der Waals surface area contributed by atoms with E-state index in [0.29, 0.717) is 0 Å². The van der Waals surface area contributed by atoms with Gasteiger partial charge in [-0.2, -0.15) is 0 Å². The molecular weight excluding hydrogens is 218 g/mol. The molecule has 0 spiro atoms. The molecule has 0 aliphatic carbocycles. The molecule has 0 fully saturated rings. The van der Waals surface area contributed by atoms with Crippen molar-refractivity contribution in [2.45, 2.75) is 18.9 Å². The van der Waals surface area contributed by atoms with Crippen LogP contribution in [0.25, 0.3) is 0 Å². The molecule has 1 aromatic carbocycles. The van der Waals surface area contributed by atoms with Gasteiger partial charge in [0.05, 0.1) is 6.42 Å². The van der Waals surface area contributed by atoms with Crippen LogP contribution in [0.3, 0.4) is 0 Å². The van der Waals surface area contributed by atoms with Crippen LogP contribution >= 0.6 is 0 Å². The van der Waals surface area contributed by atoms with Crippen LogP contribution in [0.2, 0.25) is 0 Å². The van der Waals surface area contributed by atoms with E-state index in [-0.39, 0.29) is 12.8 Å². The number of amides is 1. The Morgan fingerprint density at radius 2 is 2.00 bits per heavy atom. The van der Waals surface area contributed by atoms with Gasteiger partial charge in [0.1, 0.15) is 6.04 Å². The molecule has 4 nitrogen and oxygen atoms in total. The Labute approximate surface area is 99.7 Å². The second-order valence-electron chi connectivity index (χ2n) is 3.53. The van der Waals surface area contributed by atoms with E-state index in [4.69, 9.17) is 11.5 Å². The van der Waals surface area contributed by atoms with Crippen LogP contribution in [0.1, 0.15) is 12.0 Å². The number of carboxylic acid groups (broad SMARTS) is 1. The molecular formula is C13H13NO3. The van der Waals surface area contributed by atoms with Gasteiger partial charge in [0.2, 0.25) is 5.91 Å². The summed E-state index contributed by atoms with van der Waals surface area (Å²) in [6.45, 7) is 0. The molecule has 4 heteroatoms. The zero-order valence-electron chi connectivity index (χ0n) is 9.22. The Balaban J connectivity index is 2.65. The van der Waals surface area contributed by atoms with Crippen molar-refractivity contribution < 1.29 is 14.7 Å². The maximum Gasteiger partial charge on any atom is 0.326 e. The van der Waals surface area contributed by atoms with Crippen molar-refractivity contribution in [2.24, 2.45) is 0 Å². The smallest absolute Gasteiger partial charge is 0.326 e. The third-order valence-electron chi connectivity index (χ3n) is 2.18. The summed E-state index contributed by atoms with van der Waals surface area (Å²) < 4.78 is 0. The first kappa shape index (κ1) is 12.8. The molecule has 1 amide bonds. The van der Waals surface area contributed by atoms with Crippen molar-refractivity contribution in [3.05, 3.63) is 35.9 Å². The molecule has 17 heavy (non-hydrogen) atoms. The van der Waals surface area contributed by atoms with Gasteiger partial charge in [-0.25, -0.2) is 4.79 Å².